The van der Waals surface area contributed by atoms with Gasteiger partial charge in [0.1, 0.15) is 0 Å². The SMILES string of the molecule is C=C/C=C(N)\C=C/C/C=C/c1ccc(N)cc1. The summed E-state index contributed by atoms with van der Waals surface area (Å²) in [5, 5.41) is 0. The Kier molecular flexibility index (Phi) is 5.38. The van der Waals surface area contributed by atoms with Crippen LogP contribution in [0.5, 0.6) is 0 Å². The van der Waals surface area contributed by atoms with Crippen LogP contribution in [0.1, 0.15) is 12.0 Å². The lowest BCUT2D eigenvalue weighted by Crippen LogP contribution is -1.90. The van der Waals surface area contributed by atoms with E-state index >= 15 is 0 Å². The van der Waals surface area contributed by atoms with Crippen LogP contribution in [0, 0.1) is 0 Å². The van der Waals surface area contributed by atoms with Gasteiger partial charge in [0, 0.05) is 11.4 Å². The smallest absolute Gasteiger partial charge is 0.0314 e. The zero-order valence-corrected chi connectivity index (χ0v) is 9.84. The first kappa shape index (κ1) is 12.8. The summed E-state index contributed by atoms with van der Waals surface area (Å²) >= 11 is 0. The zero-order valence-electron chi connectivity index (χ0n) is 9.84. The van der Waals surface area contributed by atoms with Gasteiger partial charge in [-0.3, -0.25) is 0 Å². The Labute approximate surface area is 103 Å². The van der Waals surface area contributed by atoms with Crippen molar-refractivity contribution in [1.82, 2.24) is 0 Å². The van der Waals surface area contributed by atoms with Crippen LogP contribution in [0.2, 0.25) is 0 Å². The monoisotopic (exact) mass is 226 g/mol. The van der Waals surface area contributed by atoms with E-state index in [0.717, 1.165) is 17.7 Å². The van der Waals surface area contributed by atoms with E-state index in [1.807, 2.05) is 36.4 Å². The van der Waals surface area contributed by atoms with E-state index in [0.29, 0.717) is 5.70 Å². The van der Waals surface area contributed by atoms with Gasteiger partial charge >= 0.3 is 0 Å². The topological polar surface area (TPSA) is 52.0 Å². The van der Waals surface area contributed by atoms with Gasteiger partial charge in [0.15, 0.2) is 0 Å². The van der Waals surface area contributed by atoms with E-state index in [2.05, 4.69) is 18.7 Å². The van der Waals surface area contributed by atoms with Gasteiger partial charge in [0.05, 0.1) is 0 Å². The maximum atomic E-state index is 5.66. The fraction of sp³-hybridized carbons (Fsp3) is 0.0667. The molecule has 17 heavy (non-hydrogen) atoms. The molecule has 0 radical (unpaired) electrons. The fourth-order valence-electron chi connectivity index (χ4n) is 1.29. The van der Waals surface area contributed by atoms with Gasteiger partial charge in [0.25, 0.3) is 0 Å². The first-order valence-corrected chi connectivity index (χ1v) is 5.49. The number of nitrogen functional groups attached to an aromatic ring is 1. The first-order valence-electron chi connectivity index (χ1n) is 5.49. The number of allylic oxidation sites excluding steroid dienone is 5. The molecule has 0 spiro atoms. The Balaban J connectivity index is 2.43. The third-order valence-corrected chi connectivity index (χ3v) is 2.14. The second-order valence-electron chi connectivity index (χ2n) is 3.61. The second-order valence-corrected chi connectivity index (χ2v) is 3.61. The molecule has 0 aliphatic rings. The Hall–Kier alpha value is -2.22. The highest BCUT2D eigenvalue weighted by Crippen LogP contribution is 2.07. The van der Waals surface area contributed by atoms with Crippen LogP contribution < -0.4 is 11.5 Å². The highest BCUT2D eigenvalue weighted by Gasteiger charge is 1.85. The second kappa shape index (κ2) is 7.12. The third-order valence-electron chi connectivity index (χ3n) is 2.14. The molecule has 0 heterocycles. The van der Waals surface area contributed by atoms with Crippen LogP contribution in [0.4, 0.5) is 5.69 Å². The number of rotatable bonds is 5. The summed E-state index contributed by atoms with van der Waals surface area (Å²) in [4.78, 5) is 0. The molecule has 0 saturated carbocycles. The summed E-state index contributed by atoms with van der Waals surface area (Å²) in [6, 6.07) is 7.75. The normalized spacial score (nSPS) is 12.4. The summed E-state index contributed by atoms with van der Waals surface area (Å²) in [6.07, 6.45) is 12.3. The molecule has 0 amide bonds. The van der Waals surface area contributed by atoms with Crippen molar-refractivity contribution < 1.29 is 0 Å². The summed E-state index contributed by atoms with van der Waals surface area (Å²) in [6.45, 7) is 3.58. The van der Waals surface area contributed by atoms with Crippen molar-refractivity contribution in [1.29, 1.82) is 0 Å². The first-order chi connectivity index (χ1) is 8.22. The molecule has 2 heteroatoms. The van der Waals surface area contributed by atoms with Crippen molar-refractivity contribution in [3.63, 3.8) is 0 Å². The molecule has 0 bridgehead atoms. The Morgan fingerprint density at radius 2 is 1.88 bits per heavy atom. The van der Waals surface area contributed by atoms with Crippen molar-refractivity contribution in [2.45, 2.75) is 6.42 Å². The van der Waals surface area contributed by atoms with Gasteiger partial charge in [-0.1, -0.05) is 43.0 Å². The molecule has 1 rings (SSSR count). The Morgan fingerprint density at radius 1 is 1.18 bits per heavy atom. The molecule has 0 aliphatic heterocycles. The molecule has 0 aromatic heterocycles. The maximum Gasteiger partial charge on any atom is 0.0314 e. The fourth-order valence-corrected chi connectivity index (χ4v) is 1.29. The van der Waals surface area contributed by atoms with E-state index in [1.165, 1.54) is 0 Å². The highest BCUT2D eigenvalue weighted by atomic mass is 14.5. The summed E-state index contributed by atoms with van der Waals surface area (Å²) < 4.78 is 0. The predicted octanol–water partition coefficient (Wildman–Crippen LogP) is 3.26. The number of hydrogen-bond acceptors (Lipinski definition) is 2. The van der Waals surface area contributed by atoms with Crippen LogP contribution >= 0.6 is 0 Å². The summed E-state index contributed by atoms with van der Waals surface area (Å²) in [7, 11) is 0. The molecule has 88 valence electrons. The lowest BCUT2D eigenvalue weighted by molar-refractivity contribution is 1.35. The van der Waals surface area contributed by atoms with Gasteiger partial charge in [-0.25, -0.2) is 0 Å². The average Bonchev–Trinajstić information content (AvgIpc) is 2.31. The molecule has 2 nitrogen and oxygen atoms in total. The number of nitrogens with two attached hydrogens (primary N) is 2. The summed E-state index contributed by atoms with van der Waals surface area (Å²) in [5.41, 5.74) is 13.9. The maximum absolute atomic E-state index is 5.66. The Bertz CT molecular complexity index is 436. The molecule has 1 aromatic carbocycles. The van der Waals surface area contributed by atoms with E-state index in [1.54, 1.807) is 12.2 Å². The standard InChI is InChI=1S/C15H18N2/c1-2-6-14(16)8-5-3-4-7-13-9-11-15(17)12-10-13/h2,4-12H,1,3,16-17H2/b7-4+,8-5-,14-6+. The van der Waals surface area contributed by atoms with Crippen molar-refractivity contribution in [2.75, 3.05) is 5.73 Å². The van der Waals surface area contributed by atoms with E-state index in [-0.39, 0.29) is 0 Å². The van der Waals surface area contributed by atoms with Gasteiger partial charge < -0.3 is 11.5 Å². The molecule has 0 aliphatic carbocycles. The quantitative estimate of drug-likeness (QED) is 0.598. The molecular formula is C15H18N2. The predicted molar refractivity (Wildman–Crippen MR) is 76.1 cm³/mol. The molecule has 4 N–H and O–H groups in total. The van der Waals surface area contributed by atoms with Gasteiger partial charge in [-0.15, -0.1) is 0 Å². The lowest BCUT2D eigenvalue weighted by Gasteiger charge is -1.94. The zero-order chi connectivity index (χ0) is 12.5. The minimum Gasteiger partial charge on any atom is -0.399 e. The molecule has 0 atom stereocenters. The van der Waals surface area contributed by atoms with E-state index in [9.17, 15) is 0 Å². The molecular weight excluding hydrogens is 208 g/mol. The molecule has 0 fully saturated rings. The van der Waals surface area contributed by atoms with Crippen LogP contribution in [-0.4, -0.2) is 0 Å². The highest BCUT2D eigenvalue weighted by molar-refractivity contribution is 5.53. The van der Waals surface area contributed by atoms with Crippen LogP contribution in [-0.2, 0) is 0 Å². The third kappa shape index (κ3) is 5.42. The molecule has 0 unspecified atom stereocenters. The van der Waals surface area contributed by atoms with Crippen LogP contribution in [0.25, 0.3) is 6.08 Å². The van der Waals surface area contributed by atoms with Crippen LogP contribution in [0.15, 0.2) is 66.9 Å². The minimum absolute atomic E-state index is 0.709. The summed E-state index contributed by atoms with van der Waals surface area (Å²) in [5.74, 6) is 0. The van der Waals surface area contributed by atoms with Crippen molar-refractivity contribution in [3.8, 4) is 0 Å². The lowest BCUT2D eigenvalue weighted by atomic mass is 10.2. The number of benzene rings is 1. The van der Waals surface area contributed by atoms with Crippen molar-refractivity contribution >= 4 is 11.8 Å². The Morgan fingerprint density at radius 3 is 2.53 bits per heavy atom. The van der Waals surface area contributed by atoms with E-state index < -0.39 is 0 Å². The largest absolute Gasteiger partial charge is 0.399 e. The van der Waals surface area contributed by atoms with Crippen molar-refractivity contribution in [2.24, 2.45) is 5.73 Å². The van der Waals surface area contributed by atoms with Gasteiger partial charge in [0.2, 0.25) is 0 Å². The molecule has 1 aromatic rings. The molecule has 0 saturated heterocycles. The van der Waals surface area contributed by atoms with Gasteiger partial charge in [-0.05, 0) is 36.3 Å². The number of hydrogen-bond donors (Lipinski definition) is 2. The van der Waals surface area contributed by atoms with E-state index in [4.69, 9.17) is 11.5 Å². The van der Waals surface area contributed by atoms with Crippen molar-refractivity contribution in [3.05, 3.63) is 72.5 Å². The minimum atomic E-state index is 0.709. The number of anilines is 1. The average molecular weight is 226 g/mol. The van der Waals surface area contributed by atoms with Gasteiger partial charge in [-0.2, -0.15) is 0 Å². The van der Waals surface area contributed by atoms with Crippen LogP contribution in [0.3, 0.4) is 0 Å².